The van der Waals surface area contributed by atoms with Gasteiger partial charge in [0.2, 0.25) is 0 Å². The van der Waals surface area contributed by atoms with E-state index in [4.69, 9.17) is 4.98 Å². The molecule has 0 fully saturated rings. The number of hydrogen-bond acceptors (Lipinski definition) is 2. The van der Waals surface area contributed by atoms with Gasteiger partial charge in [0.05, 0.1) is 5.69 Å². The van der Waals surface area contributed by atoms with Crippen molar-refractivity contribution in [3.63, 3.8) is 0 Å². The van der Waals surface area contributed by atoms with Crippen LogP contribution in [0.2, 0.25) is 0 Å². The molecule has 0 saturated carbocycles. The molecule has 0 aromatic carbocycles. The third kappa shape index (κ3) is 7.08. The smallest absolute Gasteiger partial charge is 0.0602 e. The van der Waals surface area contributed by atoms with Crippen molar-refractivity contribution in [3.05, 3.63) is 29.1 Å². The molecule has 1 heterocycles. The van der Waals surface area contributed by atoms with E-state index in [9.17, 15) is 0 Å². The Bertz CT molecular complexity index is 387. The number of aromatic nitrogens is 1. The molecule has 1 N–H and O–H groups in total. The highest BCUT2D eigenvalue weighted by atomic mass is 14.9. The topological polar surface area (TPSA) is 24.9 Å². The second kappa shape index (κ2) is 10.8. The maximum absolute atomic E-state index is 4.70. The molecule has 2 heteroatoms. The van der Waals surface area contributed by atoms with Gasteiger partial charge in [-0.2, -0.15) is 0 Å². The van der Waals surface area contributed by atoms with E-state index in [1.165, 1.54) is 68.2 Å². The van der Waals surface area contributed by atoms with E-state index in [1.54, 1.807) is 0 Å². The summed E-state index contributed by atoms with van der Waals surface area (Å²) in [6.07, 6.45) is 12.5. The van der Waals surface area contributed by atoms with Crippen LogP contribution in [0.15, 0.2) is 12.3 Å². The first kappa shape index (κ1) is 18.2. The Hall–Kier alpha value is -0.890. The van der Waals surface area contributed by atoms with Crippen molar-refractivity contribution in [2.24, 2.45) is 0 Å². The predicted octanol–water partition coefficient (Wildman–Crippen LogP) is 5.49. The summed E-state index contributed by atoms with van der Waals surface area (Å²) in [5, 5.41) is 3.69. The lowest BCUT2D eigenvalue weighted by molar-refractivity contribution is 0.456. The number of nitrogens with one attached hydrogen (secondary N) is 1. The largest absolute Gasteiger partial charge is 0.309 e. The van der Waals surface area contributed by atoms with Crippen molar-refractivity contribution >= 4 is 0 Å². The maximum Gasteiger partial charge on any atom is 0.0602 e. The molecule has 0 aliphatic heterocycles. The molecule has 0 aliphatic rings. The van der Waals surface area contributed by atoms with Crippen molar-refractivity contribution in [2.75, 3.05) is 6.54 Å². The van der Waals surface area contributed by atoms with E-state index < -0.39 is 0 Å². The summed E-state index contributed by atoms with van der Waals surface area (Å²) < 4.78 is 0. The standard InChI is InChI=1S/C19H34N2/c1-5-7-8-9-10-11-12-18(20-13-6-2)19-17(4)14-16(3)15-21-19/h14-15,18,20H,5-13H2,1-4H3. The third-order valence-electron chi connectivity index (χ3n) is 4.07. The van der Waals surface area contributed by atoms with Gasteiger partial charge < -0.3 is 5.32 Å². The summed E-state index contributed by atoms with van der Waals surface area (Å²) in [6, 6.07) is 2.68. The quantitative estimate of drug-likeness (QED) is 0.545. The Balaban J connectivity index is 2.50. The van der Waals surface area contributed by atoms with Crippen LogP contribution in [0.5, 0.6) is 0 Å². The zero-order valence-electron chi connectivity index (χ0n) is 14.5. The summed E-state index contributed by atoms with van der Waals surface area (Å²) in [5.41, 5.74) is 3.84. The summed E-state index contributed by atoms with van der Waals surface area (Å²) in [7, 11) is 0. The Morgan fingerprint density at radius 2 is 1.71 bits per heavy atom. The normalized spacial score (nSPS) is 12.6. The van der Waals surface area contributed by atoms with Gasteiger partial charge in [0.15, 0.2) is 0 Å². The van der Waals surface area contributed by atoms with Gasteiger partial charge in [-0.05, 0) is 44.4 Å². The Morgan fingerprint density at radius 1 is 1.00 bits per heavy atom. The van der Waals surface area contributed by atoms with Crippen LogP contribution in [0.1, 0.15) is 88.1 Å². The zero-order chi connectivity index (χ0) is 15.5. The van der Waals surface area contributed by atoms with Crippen LogP contribution in [0.4, 0.5) is 0 Å². The van der Waals surface area contributed by atoms with E-state index >= 15 is 0 Å². The maximum atomic E-state index is 4.70. The molecular weight excluding hydrogens is 256 g/mol. The van der Waals surface area contributed by atoms with Crippen LogP contribution in [0.25, 0.3) is 0 Å². The SMILES string of the molecule is CCCCCCCCC(NCCC)c1ncc(C)cc1C. The molecule has 0 saturated heterocycles. The molecular formula is C19H34N2. The Kier molecular flexibility index (Phi) is 9.32. The highest BCUT2D eigenvalue weighted by Gasteiger charge is 2.14. The molecule has 0 aliphatic carbocycles. The lowest BCUT2D eigenvalue weighted by Gasteiger charge is -2.20. The number of unbranched alkanes of at least 4 members (excludes halogenated alkanes) is 5. The summed E-state index contributed by atoms with van der Waals surface area (Å²) in [4.78, 5) is 4.70. The minimum Gasteiger partial charge on any atom is -0.309 e. The van der Waals surface area contributed by atoms with E-state index in [0.29, 0.717) is 6.04 Å². The van der Waals surface area contributed by atoms with Crippen LogP contribution in [0, 0.1) is 13.8 Å². The fraction of sp³-hybridized carbons (Fsp3) is 0.737. The number of pyridine rings is 1. The zero-order valence-corrected chi connectivity index (χ0v) is 14.5. The molecule has 1 atom stereocenters. The molecule has 120 valence electrons. The van der Waals surface area contributed by atoms with Crippen molar-refractivity contribution in [2.45, 2.75) is 85.1 Å². The van der Waals surface area contributed by atoms with Crippen molar-refractivity contribution in [3.8, 4) is 0 Å². The molecule has 2 nitrogen and oxygen atoms in total. The van der Waals surface area contributed by atoms with E-state index in [0.717, 1.165) is 6.54 Å². The lowest BCUT2D eigenvalue weighted by atomic mass is 9.99. The molecule has 0 amide bonds. The number of rotatable bonds is 11. The monoisotopic (exact) mass is 290 g/mol. The number of aryl methyl sites for hydroxylation is 2. The first-order chi connectivity index (χ1) is 10.2. The van der Waals surface area contributed by atoms with Gasteiger partial charge in [0.25, 0.3) is 0 Å². The molecule has 0 bridgehead atoms. The minimum absolute atomic E-state index is 0.428. The summed E-state index contributed by atoms with van der Waals surface area (Å²) in [5.74, 6) is 0. The van der Waals surface area contributed by atoms with E-state index in [1.807, 2.05) is 6.20 Å². The molecule has 1 aromatic rings. The fourth-order valence-electron chi connectivity index (χ4n) is 2.87. The highest BCUT2D eigenvalue weighted by Crippen LogP contribution is 2.22. The number of hydrogen-bond donors (Lipinski definition) is 1. The van der Waals surface area contributed by atoms with Crippen molar-refractivity contribution in [1.82, 2.24) is 10.3 Å². The first-order valence-electron chi connectivity index (χ1n) is 8.85. The van der Waals surface area contributed by atoms with E-state index in [2.05, 4.69) is 39.1 Å². The Morgan fingerprint density at radius 3 is 2.38 bits per heavy atom. The van der Waals surface area contributed by atoms with Gasteiger partial charge in [-0.25, -0.2) is 0 Å². The van der Waals surface area contributed by atoms with Gasteiger partial charge in [-0.1, -0.05) is 58.4 Å². The van der Waals surface area contributed by atoms with Gasteiger partial charge in [0.1, 0.15) is 0 Å². The molecule has 0 radical (unpaired) electrons. The van der Waals surface area contributed by atoms with Gasteiger partial charge in [-0.3, -0.25) is 4.98 Å². The third-order valence-corrected chi connectivity index (χ3v) is 4.07. The van der Waals surface area contributed by atoms with E-state index in [-0.39, 0.29) is 0 Å². The fourth-order valence-corrected chi connectivity index (χ4v) is 2.87. The van der Waals surface area contributed by atoms with Crippen LogP contribution in [-0.4, -0.2) is 11.5 Å². The van der Waals surface area contributed by atoms with Gasteiger partial charge >= 0.3 is 0 Å². The average Bonchev–Trinajstić information content (AvgIpc) is 2.46. The first-order valence-corrected chi connectivity index (χ1v) is 8.85. The Labute approximate surface area is 131 Å². The predicted molar refractivity (Wildman–Crippen MR) is 92.7 cm³/mol. The molecule has 1 unspecified atom stereocenters. The second-order valence-corrected chi connectivity index (χ2v) is 6.28. The highest BCUT2D eigenvalue weighted by molar-refractivity contribution is 5.25. The minimum atomic E-state index is 0.428. The van der Waals surface area contributed by atoms with Crippen LogP contribution >= 0.6 is 0 Å². The summed E-state index contributed by atoms with van der Waals surface area (Å²) >= 11 is 0. The van der Waals surface area contributed by atoms with Crippen molar-refractivity contribution < 1.29 is 0 Å². The summed E-state index contributed by atoms with van der Waals surface area (Å²) in [6.45, 7) is 9.89. The average molecular weight is 290 g/mol. The molecule has 0 spiro atoms. The van der Waals surface area contributed by atoms with Crippen LogP contribution in [0.3, 0.4) is 0 Å². The molecule has 1 rings (SSSR count). The van der Waals surface area contributed by atoms with Crippen LogP contribution < -0.4 is 5.32 Å². The molecule has 21 heavy (non-hydrogen) atoms. The van der Waals surface area contributed by atoms with Crippen molar-refractivity contribution in [1.29, 1.82) is 0 Å². The second-order valence-electron chi connectivity index (χ2n) is 6.28. The van der Waals surface area contributed by atoms with Gasteiger partial charge in [0, 0.05) is 12.2 Å². The lowest BCUT2D eigenvalue weighted by Crippen LogP contribution is -2.24. The number of nitrogens with zero attached hydrogens (tertiary/aromatic N) is 1. The molecule has 1 aromatic heterocycles. The van der Waals surface area contributed by atoms with Crippen LogP contribution in [-0.2, 0) is 0 Å². The van der Waals surface area contributed by atoms with Gasteiger partial charge in [-0.15, -0.1) is 0 Å².